The zero-order valence-corrected chi connectivity index (χ0v) is 18.1. The van der Waals surface area contributed by atoms with Crippen molar-refractivity contribution in [1.82, 2.24) is 13.5 Å². The van der Waals surface area contributed by atoms with Gasteiger partial charge in [0, 0.05) is 16.0 Å². The summed E-state index contributed by atoms with van der Waals surface area (Å²) in [5, 5.41) is 17.6. The van der Waals surface area contributed by atoms with Gasteiger partial charge >= 0.3 is 0 Å². The number of aliphatic hydroxyl groups excluding tert-OH is 1. The molecule has 0 radical (unpaired) electrons. The van der Waals surface area contributed by atoms with Crippen molar-refractivity contribution in [2.24, 2.45) is 0 Å². The quantitative estimate of drug-likeness (QED) is 0.444. The first-order valence-electron chi connectivity index (χ1n) is 7.62. The molecule has 0 aliphatic rings. The van der Waals surface area contributed by atoms with Gasteiger partial charge in [-0.15, -0.1) is 11.3 Å². The summed E-state index contributed by atoms with van der Waals surface area (Å²) in [6, 6.07) is 2.17. The van der Waals surface area contributed by atoms with Gasteiger partial charge in [-0.3, -0.25) is 0 Å². The van der Waals surface area contributed by atoms with Crippen LogP contribution in [0.3, 0.4) is 0 Å². The van der Waals surface area contributed by atoms with E-state index in [-0.39, 0.29) is 5.76 Å². The number of anilines is 2. The molecule has 2 heterocycles. The Labute approximate surface area is 167 Å². The maximum absolute atomic E-state index is 11.8. The summed E-state index contributed by atoms with van der Waals surface area (Å²) in [4.78, 5) is 2.56. The lowest BCUT2D eigenvalue weighted by atomic mass is 10.3. The molecule has 0 fully saturated rings. The predicted octanol–water partition coefficient (Wildman–Crippen LogP) is 4.07. The number of aliphatic hydroxyl groups is 1. The normalized spacial score (nSPS) is 13.7. The molecule has 11 heteroatoms. The second-order valence-electron chi connectivity index (χ2n) is 5.18. The molecule has 0 saturated carbocycles. The lowest BCUT2D eigenvalue weighted by molar-refractivity contribution is 0.414. The van der Waals surface area contributed by atoms with E-state index in [1.807, 2.05) is 0 Å². The van der Waals surface area contributed by atoms with E-state index in [9.17, 15) is 9.32 Å². The van der Waals surface area contributed by atoms with E-state index >= 15 is 0 Å². The molecular weight excluding hydrogens is 410 g/mol. The highest BCUT2D eigenvalue weighted by Gasteiger charge is 2.10. The molecule has 0 saturated heterocycles. The number of rotatable bonds is 9. The van der Waals surface area contributed by atoms with Crippen molar-refractivity contribution in [2.75, 3.05) is 17.7 Å². The minimum absolute atomic E-state index is 0.0200. The van der Waals surface area contributed by atoms with Gasteiger partial charge in [0.2, 0.25) is 0 Å². The van der Waals surface area contributed by atoms with Gasteiger partial charge in [0.05, 0.1) is 18.3 Å². The molecule has 26 heavy (non-hydrogen) atoms. The largest absolute Gasteiger partial charge is 0.511 e. The second-order valence-corrected chi connectivity index (χ2v) is 9.58. The standard InChI is InChI=1S/C15H21N5O2S4/c1-9-7-12(24-11(9)3)8-18-14-13(19-25-20-14)17-5-6-23-15(10(2)21)26(22)16-4/h5-7,16,21H,8H2,1-4H3,(H,17,19)(H,18,20)/b6-5+,15-10-. The average Bonchev–Trinajstić information content (AvgIpc) is 3.18. The van der Waals surface area contributed by atoms with E-state index in [1.165, 1.54) is 22.2 Å². The third-order valence-corrected chi connectivity index (χ3v) is 7.46. The van der Waals surface area contributed by atoms with E-state index in [4.69, 9.17) is 0 Å². The molecule has 7 nitrogen and oxygen atoms in total. The van der Waals surface area contributed by atoms with Crippen LogP contribution < -0.4 is 15.4 Å². The van der Waals surface area contributed by atoms with Crippen molar-refractivity contribution >= 4 is 57.4 Å². The summed E-state index contributed by atoms with van der Waals surface area (Å²) < 4.78 is 23.2. The summed E-state index contributed by atoms with van der Waals surface area (Å²) in [6.45, 7) is 6.41. The second kappa shape index (κ2) is 10.1. The summed E-state index contributed by atoms with van der Waals surface area (Å²) in [5.41, 5.74) is 1.29. The van der Waals surface area contributed by atoms with Gasteiger partial charge < -0.3 is 15.7 Å². The molecule has 142 valence electrons. The van der Waals surface area contributed by atoms with Crippen LogP contribution in [0.15, 0.2) is 27.7 Å². The van der Waals surface area contributed by atoms with Crippen molar-refractivity contribution in [2.45, 2.75) is 27.3 Å². The molecule has 1 unspecified atom stereocenters. The molecule has 2 aromatic rings. The zero-order valence-electron chi connectivity index (χ0n) is 14.8. The molecule has 1 atom stereocenters. The fourth-order valence-electron chi connectivity index (χ4n) is 1.87. The summed E-state index contributed by atoms with van der Waals surface area (Å²) >= 11 is 4.05. The molecule has 2 rings (SSSR count). The topological polar surface area (TPSA) is 99.2 Å². The zero-order chi connectivity index (χ0) is 19.1. The van der Waals surface area contributed by atoms with Crippen LogP contribution in [0.1, 0.15) is 22.2 Å². The van der Waals surface area contributed by atoms with Crippen LogP contribution in [0.4, 0.5) is 11.6 Å². The van der Waals surface area contributed by atoms with Crippen molar-refractivity contribution in [1.29, 1.82) is 0 Å². The highest BCUT2D eigenvalue weighted by molar-refractivity contribution is 8.17. The number of hydrogen-bond donors (Lipinski definition) is 4. The monoisotopic (exact) mass is 431 g/mol. The molecule has 0 aliphatic heterocycles. The van der Waals surface area contributed by atoms with Gasteiger partial charge in [-0.1, -0.05) is 11.8 Å². The highest BCUT2D eigenvalue weighted by Crippen LogP contribution is 2.25. The first-order valence-corrected chi connectivity index (χ1v) is 11.2. The van der Waals surface area contributed by atoms with Crippen LogP contribution in [0, 0.1) is 13.8 Å². The van der Waals surface area contributed by atoms with E-state index in [0.29, 0.717) is 22.4 Å². The SMILES string of the molecule is CNS(=O)/C(S/C=C/Nc1nsnc1NCc1cc(C)c(C)s1)=C(/C)O. The minimum atomic E-state index is -1.44. The van der Waals surface area contributed by atoms with Crippen LogP contribution in [0.25, 0.3) is 0 Å². The molecule has 0 bridgehead atoms. The summed E-state index contributed by atoms with van der Waals surface area (Å²) in [6.07, 6.45) is 1.67. The van der Waals surface area contributed by atoms with E-state index in [0.717, 1.165) is 23.5 Å². The molecule has 0 aromatic carbocycles. The maximum atomic E-state index is 11.8. The number of allylic oxidation sites excluding steroid dienone is 1. The first kappa shape index (κ1) is 20.9. The average molecular weight is 432 g/mol. The molecule has 0 amide bonds. The fourth-order valence-corrected chi connectivity index (χ4v) is 5.01. The fraction of sp³-hybridized carbons (Fsp3) is 0.333. The predicted molar refractivity (Wildman–Crippen MR) is 114 cm³/mol. The minimum Gasteiger partial charge on any atom is -0.511 e. The number of thiophene rings is 1. The van der Waals surface area contributed by atoms with Gasteiger partial charge in [0.25, 0.3) is 0 Å². The van der Waals surface area contributed by atoms with Crippen LogP contribution in [-0.2, 0) is 17.5 Å². The Morgan fingerprint density at radius 1 is 1.38 bits per heavy atom. The summed E-state index contributed by atoms with van der Waals surface area (Å²) in [5.74, 6) is 1.32. The molecule has 4 N–H and O–H groups in total. The van der Waals surface area contributed by atoms with Crippen LogP contribution in [0.5, 0.6) is 0 Å². The summed E-state index contributed by atoms with van der Waals surface area (Å²) in [7, 11) is 0.129. The Bertz CT molecular complexity index is 804. The van der Waals surface area contributed by atoms with E-state index < -0.39 is 11.0 Å². The molecular formula is C15H21N5O2S4. The lowest BCUT2D eigenvalue weighted by Gasteiger charge is -2.05. The molecule has 0 spiro atoms. The third-order valence-electron chi connectivity index (χ3n) is 3.25. The van der Waals surface area contributed by atoms with Crippen molar-refractivity contribution < 1.29 is 9.32 Å². The Morgan fingerprint density at radius 2 is 2.12 bits per heavy atom. The first-order chi connectivity index (χ1) is 12.4. The van der Waals surface area contributed by atoms with Gasteiger partial charge in [-0.25, -0.2) is 8.93 Å². The Morgan fingerprint density at radius 3 is 2.73 bits per heavy atom. The third kappa shape index (κ3) is 5.81. The number of thioether (sulfide) groups is 1. The number of aromatic nitrogens is 2. The van der Waals surface area contributed by atoms with Gasteiger partial charge in [0.15, 0.2) is 11.6 Å². The van der Waals surface area contributed by atoms with Gasteiger partial charge in [-0.2, -0.15) is 8.75 Å². The van der Waals surface area contributed by atoms with E-state index in [1.54, 1.807) is 30.0 Å². The number of nitrogens with zero attached hydrogens (tertiary/aromatic N) is 2. The Hall–Kier alpha value is -1.40. The Balaban J connectivity index is 1.92. The maximum Gasteiger partial charge on any atom is 0.188 e. The van der Waals surface area contributed by atoms with Crippen molar-refractivity contribution in [3.63, 3.8) is 0 Å². The molecule has 0 aliphatic carbocycles. The number of nitrogens with one attached hydrogen (secondary N) is 3. The van der Waals surface area contributed by atoms with E-state index in [2.05, 4.69) is 44.0 Å². The van der Waals surface area contributed by atoms with Gasteiger partial charge in [-0.05, 0) is 44.9 Å². The van der Waals surface area contributed by atoms with Crippen LogP contribution in [-0.4, -0.2) is 25.1 Å². The van der Waals surface area contributed by atoms with Crippen LogP contribution >= 0.6 is 34.8 Å². The smallest absolute Gasteiger partial charge is 0.188 e. The molecule has 2 aromatic heterocycles. The number of aryl methyl sites for hydroxylation is 2. The van der Waals surface area contributed by atoms with Crippen molar-refractivity contribution in [3.05, 3.63) is 43.0 Å². The van der Waals surface area contributed by atoms with Gasteiger partial charge in [0.1, 0.15) is 21.0 Å². The Kier molecular flexibility index (Phi) is 8.10. The van der Waals surface area contributed by atoms with Crippen molar-refractivity contribution in [3.8, 4) is 0 Å². The van der Waals surface area contributed by atoms with Crippen LogP contribution in [0.2, 0.25) is 0 Å². The highest BCUT2D eigenvalue weighted by atomic mass is 32.2. The lowest BCUT2D eigenvalue weighted by Crippen LogP contribution is -2.11. The number of hydrogen-bond acceptors (Lipinski definition) is 9.